The lowest BCUT2D eigenvalue weighted by molar-refractivity contribution is 0.458. The number of hydrogen-bond acceptors (Lipinski definition) is 1. The van der Waals surface area contributed by atoms with Crippen molar-refractivity contribution in [3.05, 3.63) is 35.4 Å². The van der Waals surface area contributed by atoms with E-state index < -0.39 is 0 Å². The van der Waals surface area contributed by atoms with E-state index in [1.807, 2.05) is 0 Å². The van der Waals surface area contributed by atoms with Crippen molar-refractivity contribution in [2.45, 2.75) is 77.7 Å². The molecule has 0 fully saturated rings. The molecule has 1 unspecified atom stereocenters. The third-order valence-electron chi connectivity index (χ3n) is 4.22. The first-order chi connectivity index (χ1) is 9.76. The van der Waals surface area contributed by atoms with Crippen LogP contribution in [0.1, 0.15) is 69.4 Å². The summed E-state index contributed by atoms with van der Waals surface area (Å²) in [4.78, 5) is 0. The normalized spacial score (nSPS) is 12.6. The predicted octanol–water partition coefficient (Wildman–Crippen LogP) is 5.27. The lowest BCUT2D eigenvalue weighted by Gasteiger charge is -2.16. The maximum absolute atomic E-state index is 3.49. The molecule has 0 heterocycles. The van der Waals surface area contributed by atoms with Crippen molar-refractivity contribution in [1.29, 1.82) is 0 Å². The molecular weight excluding hydrogens is 242 g/mol. The Morgan fingerprint density at radius 3 is 2.20 bits per heavy atom. The summed E-state index contributed by atoms with van der Waals surface area (Å²) in [6, 6.07) is 9.66. The van der Waals surface area contributed by atoms with Crippen LogP contribution in [-0.2, 0) is 6.42 Å². The van der Waals surface area contributed by atoms with Gasteiger partial charge in [-0.1, -0.05) is 75.3 Å². The van der Waals surface area contributed by atoms with E-state index in [9.17, 15) is 0 Å². The first kappa shape index (κ1) is 17.2. The van der Waals surface area contributed by atoms with Crippen LogP contribution in [0.2, 0.25) is 0 Å². The average Bonchev–Trinajstić information content (AvgIpc) is 2.47. The van der Waals surface area contributed by atoms with Gasteiger partial charge in [0.25, 0.3) is 0 Å². The summed E-state index contributed by atoms with van der Waals surface area (Å²) < 4.78 is 0. The number of unbranched alkanes of at least 4 members (excludes halogenated alkanes) is 5. The van der Waals surface area contributed by atoms with E-state index >= 15 is 0 Å². The van der Waals surface area contributed by atoms with Gasteiger partial charge < -0.3 is 5.32 Å². The zero-order valence-corrected chi connectivity index (χ0v) is 13.8. The van der Waals surface area contributed by atoms with Gasteiger partial charge in [-0.15, -0.1) is 0 Å². The quantitative estimate of drug-likeness (QED) is 0.543. The van der Waals surface area contributed by atoms with Gasteiger partial charge in [-0.25, -0.2) is 0 Å². The molecule has 0 spiro atoms. The first-order valence-electron chi connectivity index (χ1n) is 8.49. The maximum atomic E-state index is 3.49. The second-order valence-corrected chi connectivity index (χ2v) is 6.07. The molecule has 114 valence electrons. The monoisotopic (exact) mass is 275 g/mol. The number of aryl methyl sites for hydroxylation is 2. The summed E-state index contributed by atoms with van der Waals surface area (Å²) in [6.07, 6.45) is 12.2. The average molecular weight is 275 g/mol. The van der Waals surface area contributed by atoms with Gasteiger partial charge in [0.1, 0.15) is 0 Å². The molecule has 0 aliphatic heterocycles. The Hall–Kier alpha value is -0.820. The Bertz CT molecular complexity index is 328. The van der Waals surface area contributed by atoms with Gasteiger partial charge in [-0.2, -0.15) is 0 Å². The Kier molecular flexibility index (Phi) is 9.40. The highest BCUT2D eigenvalue weighted by Gasteiger charge is 2.06. The van der Waals surface area contributed by atoms with Crippen LogP contribution in [-0.4, -0.2) is 13.1 Å². The van der Waals surface area contributed by atoms with Gasteiger partial charge >= 0.3 is 0 Å². The second kappa shape index (κ2) is 10.9. The summed E-state index contributed by atoms with van der Waals surface area (Å²) in [6.45, 7) is 4.43. The van der Waals surface area contributed by atoms with Crippen molar-refractivity contribution >= 4 is 0 Å². The van der Waals surface area contributed by atoms with Crippen molar-refractivity contribution in [2.75, 3.05) is 7.05 Å². The molecule has 0 amide bonds. The molecular formula is C19H33N. The van der Waals surface area contributed by atoms with E-state index in [-0.39, 0.29) is 0 Å². The van der Waals surface area contributed by atoms with E-state index in [4.69, 9.17) is 0 Å². The second-order valence-electron chi connectivity index (χ2n) is 6.07. The van der Waals surface area contributed by atoms with Crippen molar-refractivity contribution < 1.29 is 0 Å². The highest BCUT2D eigenvalue weighted by molar-refractivity contribution is 5.21. The minimum atomic E-state index is 0.683. The molecule has 1 heteroatoms. The fourth-order valence-electron chi connectivity index (χ4n) is 2.70. The predicted molar refractivity (Wildman–Crippen MR) is 90.3 cm³/mol. The first-order valence-corrected chi connectivity index (χ1v) is 8.49. The van der Waals surface area contributed by atoms with Crippen LogP contribution in [0.25, 0.3) is 0 Å². The lowest BCUT2D eigenvalue weighted by atomic mass is 9.99. The third kappa shape index (κ3) is 7.69. The standard InChI is InChI=1S/C19H33N/c1-4-5-6-7-8-9-10-19(20-3)16-15-18-13-11-17(2)12-14-18/h11-14,19-20H,4-10,15-16H2,1-3H3. The van der Waals surface area contributed by atoms with Crippen LogP contribution in [0.15, 0.2) is 24.3 Å². The molecule has 0 saturated carbocycles. The Morgan fingerprint density at radius 1 is 0.900 bits per heavy atom. The van der Waals surface area contributed by atoms with Gasteiger partial charge in [0.05, 0.1) is 0 Å². The van der Waals surface area contributed by atoms with Crippen LogP contribution in [0, 0.1) is 6.92 Å². The van der Waals surface area contributed by atoms with Crippen molar-refractivity contribution in [1.82, 2.24) is 5.32 Å². The van der Waals surface area contributed by atoms with Gasteiger partial charge in [0.15, 0.2) is 0 Å². The fraction of sp³-hybridized carbons (Fsp3) is 0.684. The Balaban J connectivity index is 2.14. The molecule has 0 bridgehead atoms. The van der Waals surface area contributed by atoms with Gasteiger partial charge in [0.2, 0.25) is 0 Å². The highest BCUT2D eigenvalue weighted by Crippen LogP contribution is 2.13. The van der Waals surface area contributed by atoms with E-state index in [1.54, 1.807) is 0 Å². The zero-order valence-electron chi connectivity index (χ0n) is 13.8. The molecule has 1 N–H and O–H groups in total. The van der Waals surface area contributed by atoms with E-state index in [2.05, 4.69) is 50.5 Å². The van der Waals surface area contributed by atoms with E-state index in [0.29, 0.717) is 6.04 Å². The van der Waals surface area contributed by atoms with Crippen molar-refractivity contribution in [3.63, 3.8) is 0 Å². The molecule has 20 heavy (non-hydrogen) atoms. The summed E-state index contributed by atoms with van der Waals surface area (Å²) in [7, 11) is 2.11. The molecule has 1 atom stereocenters. The van der Waals surface area contributed by atoms with Crippen LogP contribution in [0.4, 0.5) is 0 Å². The minimum absolute atomic E-state index is 0.683. The van der Waals surface area contributed by atoms with E-state index in [1.165, 1.54) is 68.9 Å². The maximum Gasteiger partial charge on any atom is 0.00672 e. The molecule has 0 aromatic heterocycles. The third-order valence-corrected chi connectivity index (χ3v) is 4.22. The van der Waals surface area contributed by atoms with Crippen molar-refractivity contribution in [2.24, 2.45) is 0 Å². The summed E-state index contributed by atoms with van der Waals surface area (Å²) in [5, 5.41) is 3.49. The van der Waals surface area contributed by atoms with Gasteiger partial charge in [-0.05, 0) is 38.8 Å². The van der Waals surface area contributed by atoms with Crippen molar-refractivity contribution in [3.8, 4) is 0 Å². The van der Waals surface area contributed by atoms with Crippen LogP contribution >= 0.6 is 0 Å². The Morgan fingerprint density at radius 2 is 1.55 bits per heavy atom. The van der Waals surface area contributed by atoms with Crippen LogP contribution in [0.3, 0.4) is 0 Å². The summed E-state index contributed by atoms with van der Waals surface area (Å²) in [5.74, 6) is 0. The molecule has 0 aliphatic rings. The molecule has 1 rings (SSSR count). The van der Waals surface area contributed by atoms with Gasteiger partial charge in [-0.3, -0.25) is 0 Å². The van der Waals surface area contributed by atoms with E-state index in [0.717, 1.165) is 0 Å². The topological polar surface area (TPSA) is 12.0 Å². The Labute approximate surface area is 126 Å². The molecule has 1 aromatic carbocycles. The summed E-state index contributed by atoms with van der Waals surface area (Å²) >= 11 is 0. The van der Waals surface area contributed by atoms with Gasteiger partial charge in [0, 0.05) is 6.04 Å². The zero-order chi connectivity index (χ0) is 14.6. The number of hydrogen-bond donors (Lipinski definition) is 1. The molecule has 0 radical (unpaired) electrons. The lowest BCUT2D eigenvalue weighted by Crippen LogP contribution is -2.25. The molecule has 1 nitrogen and oxygen atoms in total. The number of rotatable bonds is 11. The number of nitrogens with one attached hydrogen (secondary N) is 1. The number of benzene rings is 1. The minimum Gasteiger partial charge on any atom is -0.317 e. The fourth-order valence-corrected chi connectivity index (χ4v) is 2.70. The van der Waals surface area contributed by atoms with Crippen LogP contribution < -0.4 is 5.32 Å². The van der Waals surface area contributed by atoms with Crippen LogP contribution in [0.5, 0.6) is 0 Å². The largest absolute Gasteiger partial charge is 0.317 e. The smallest absolute Gasteiger partial charge is 0.00672 e. The molecule has 0 aliphatic carbocycles. The molecule has 1 aromatic rings. The molecule has 0 saturated heterocycles. The summed E-state index contributed by atoms with van der Waals surface area (Å²) in [5.41, 5.74) is 2.82. The highest BCUT2D eigenvalue weighted by atomic mass is 14.9. The SMILES string of the molecule is CCCCCCCCC(CCc1ccc(C)cc1)NC.